The van der Waals surface area contributed by atoms with Crippen molar-refractivity contribution in [3.8, 4) is 5.75 Å². The fourth-order valence-electron chi connectivity index (χ4n) is 3.67. The first-order valence-electron chi connectivity index (χ1n) is 9.98. The van der Waals surface area contributed by atoms with Gasteiger partial charge in [-0.15, -0.1) is 0 Å². The Kier molecular flexibility index (Phi) is 6.70. The maximum Gasteiger partial charge on any atom is 0.425 e. The first kappa shape index (κ1) is 22.1. The molecule has 1 unspecified atom stereocenters. The number of aliphatic hydroxyl groups is 1. The van der Waals surface area contributed by atoms with Crippen molar-refractivity contribution < 1.29 is 27.8 Å². The summed E-state index contributed by atoms with van der Waals surface area (Å²) in [4.78, 5) is 15.8. The number of hydrogen-bond donors (Lipinski definition) is 2. The van der Waals surface area contributed by atoms with Crippen LogP contribution >= 0.6 is 0 Å². The highest BCUT2D eigenvalue weighted by molar-refractivity contribution is 5.77. The molecule has 30 heavy (non-hydrogen) atoms. The zero-order valence-electron chi connectivity index (χ0n) is 16.8. The Morgan fingerprint density at radius 2 is 2.03 bits per heavy atom. The molecule has 6 nitrogen and oxygen atoms in total. The number of halogens is 3. The molecular formula is C21H26F3N3O3. The summed E-state index contributed by atoms with van der Waals surface area (Å²) in [5, 5.41) is 12.7. The highest BCUT2D eigenvalue weighted by Crippen LogP contribution is 2.40. The van der Waals surface area contributed by atoms with E-state index in [1.807, 2.05) is 6.07 Å². The smallest absolute Gasteiger partial charge is 0.425 e. The third-order valence-electron chi connectivity index (χ3n) is 5.32. The molecule has 0 bridgehead atoms. The highest BCUT2D eigenvalue weighted by atomic mass is 19.4. The molecule has 1 aromatic carbocycles. The number of imidazole rings is 1. The Hall–Kier alpha value is -2.55. The van der Waals surface area contributed by atoms with Crippen LogP contribution < -0.4 is 10.1 Å². The van der Waals surface area contributed by atoms with Gasteiger partial charge in [-0.25, -0.2) is 4.98 Å². The van der Waals surface area contributed by atoms with Crippen molar-refractivity contribution in [3.63, 3.8) is 0 Å². The lowest BCUT2D eigenvalue weighted by molar-refractivity contribution is -0.271. The average Bonchev–Trinajstić information content (AvgIpc) is 3.13. The van der Waals surface area contributed by atoms with Gasteiger partial charge in [-0.1, -0.05) is 18.6 Å². The molecule has 1 fully saturated rings. The molecule has 3 rings (SSSR count). The number of hydrogen-bond acceptors (Lipinski definition) is 4. The summed E-state index contributed by atoms with van der Waals surface area (Å²) in [5.41, 5.74) is -2.68. The van der Waals surface area contributed by atoms with Gasteiger partial charge in [0.15, 0.2) is 5.82 Å². The number of aromatic nitrogens is 2. The molecule has 1 saturated carbocycles. The molecule has 1 aliphatic rings. The van der Waals surface area contributed by atoms with Crippen LogP contribution in [-0.2, 0) is 24.0 Å². The molecule has 9 heteroatoms. The quantitative estimate of drug-likeness (QED) is 0.711. The molecular weight excluding hydrogens is 399 g/mol. The fraction of sp³-hybridized carbons (Fsp3) is 0.524. The van der Waals surface area contributed by atoms with E-state index in [9.17, 15) is 23.1 Å². The standard InChI is InChI=1S/C21H26F3N3O3/c1-27-11-10-25-19(27)20(29,21(22,23)24)13-18(28)26-14-15-6-5-9-17(12-15)30-16-7-3-2-4-8-16/h5-6,9-12,16,29H,2-4,7-8,13-14H2,1H3,(H,26,28). The van der Waals surface area contributed by atoms with E-state index < -0.39 is 29.9 Å². The molecule has 1 aromatic heterocycles. The van der Waals surface area contributed by atoms with Gasteiger partial charge in [0.05, 0.1) is 12.5 Å². The van der Waals surface area contributed by atoms with E-state index in [1.54, 1.807) is 18.2 Å². The maximum atomic E-state index is 13.5. The molecule has 0 saturated heterocycles. The topological polar surface area (TPSA) is 76.4 Å². The van der Waals surface area contributed by atoms with Crippen LogP contribution in [0.3, 0.4) is 0 Å². The van der Waals surface area contributed by atoms with Crippen molar-refractivity contribution >= 4 is 5.91 Å². The fourth-order valence-corrected chi connectivity index (χ4v) is 3.67. The number of carbonyl (C=O) groups is 1. The maximum absolute atomic E-state index is 13.5. The Balaban J connectivity index is 1.62. The van der Waals surface area contributed by atoms with Crippen LogP contribution in [0.4, 0.5) is 13.2 Å². The Morgan fingerprint density at radius 1 is 1.30 bits per heavy atom. The predicted octanol–water partition coefficient (Wildman–Crippen LogP) is 3.59. The summed E-state index contributed by atoms with van der Waals surface area (Å²) < 4.78 is 47.7. The van der Waals surface area contributed by atoms with Gasteiger partial charge in [-0.2, -0.15) is 13.2 Å². The number of alkyl halides is 3. The van der Waals surface area contributed by atoms with Gasteiger partial charge < -0.3 is 19.7 Å². The summed E-state index contributed by atoms with van der Waals surface area (Å²) in [6, 6.07) is 7.12. The Labute approximate surface area is 173 Å². The van der Waals surface area contributed by atoms with E-state index >= 15 is 0 Å². The molecule has 0 spiro atoms. The summed E-state index contributed by atoms with van der Waals surface area (Å²) in [6.45, 7) is 0.0230. The molecule has 0 radical (unpaired) electrons. The number of nitrogens with zero attached hydrogens (tertiary/aromatic N) is 2. The average molecular weight is 425 g/mol. The van der Waals surface area contributed by atoms with E-state index in [0.717, 1.165) is 36.4 Å². The monoisotopic (exact) mass is 425 g/mol. The minimum absolute atomic E-state index is 0.0230. The van der Waals surface area contributed by atoms with E-state index in [4.69, 9.17) is 4.74 Å². The molecule has 2 N–H and O–H groups in total. The van der Waals surface area contributed by atoms with Gasteiger partial charge in [0.2, 0.25) is 11.5 Å². The summed E-state index contributed by atoms with van der Waals surface area (Å²) in [7, 11) is 1.33. The summed E-state index contributed by atoms with van der Waals surface area (Å²) in [6.07, 6.45) is 1.85. The van der Waals surface area contributed by atoms with Crippen LogP contribution in [0.5, 0.6) is 5.75 Å². The van der Waals surface area contributed by atoms with Crippen molar-refractivity contribution in [2.45, 2.75) is 63.0 Å². The molecule has 2 aromatic rings. The van der Waals surface area contributed by atoms with E-state index in [2.05, 4.69) is 10.3 Å². The van der Waals surface area contributed by atoms with Crippen molar-refractivity contribution in [1.29, 1.82) is 0 Å². The molecule has 0 aliphatic heterocycles. The zero-order chi connectivity index (χ0) is 21.8. The van der Waals surface area contributed by atoms with Crippen molar-refractivity contribution in [2.24, 2.45) is 7.05 Å². The number of nitrogens with one attached hydrogen (secondary N) is 1. The van der Waals surface area contributed by atoms with Crippen LogP contribution in [0.2, 0.25) is 0 Å². The second kappa shape index (κ2) is 9.07. The highest BCUT2D eigenvalue weighted by Gasteiger charge is 2.58. The van der Waals surface area contributed by atoms with Gasteiger partial charge >= 0.3 is 6.18 Å². The normalized spacial score (nSPS) is 17.4. The zero-order valence-corrected chi connectivity index (χ0v) is 16.8. The van der Waals surface area contributed by atoms with Gasteiger partial charge in [-0.05, 0) is 43.4 Å². The third kappa shape index (κ3) is 5.13. The van der Waals surface area contributed by atoms with Gasteiger partial charge in [0.25, 0.3) is 0 Å². The van der Waals surface area contributed by atoms with Gasteiger partial charge in [0.1, 0.15) is 5.75 Å². The third-order valence-corrected chi connectivity index (χ3v) is 5.32. The number of amides is 1. The van der Waals surface area contributed by atoms with Crippen LogP contribution in [0.25, 0.3) is 0 Å². The van der Waals surface area contributed by atoms with Crippen LogP contribution in [-0.4, -0.2) is 32.8 Å². The Morgan fingerprint density at radius 3 is 2.67 bits per heavy atom. The number of carbonyl (C=O) groups excluding carboxylic acids is 1. The number of aryl methyl sites for hydroxylation is 1. The second-order valence-electron chi connectivity index (χ2n) is 7.70. The van der Waals surface area contributed by atoms with Gasteiger partial charge in [-0.3, -0.25) is 4.79 Å². The first-order chi connectivity index (χ1) is 14.2. The predicted molar refractivity (Wildman–Crippen MR) is 104 cm³/mol. The van der Waals surface area contributed by atoms with Crippen molar-refractivity contribution in [3.05, 3.63) is 48.0 Å². The van der Waals surface area contributed by atoms with Gasteiger partial charge in [0, 0.05) is 26.0 Å². The lowest BCUT2D eigenvalue weighted by atomic mass is 9.97. The Bertz CT molecular complexity index is 862. The molecule has 164 valence electrons. The van der Waals surface area contributed by atoms with E-state index in [-0.39, 0.29) is 12.6 Å². The first-order valence-corrected chi connectivity index (χ1v) is 9.98. The molecule has 1 amide bonds. The van der Waals surface area contributed by atoms with Crippen molar-refractivity contribution in [2.75, 3.05) is 0 Å². The van der Waals surface area contributed by atoms with Crippen molar-refractivity contribution in [1.82, 2.24) is 14.9 Å². The van der Waals surface area contributed by atoms with E-state index in [1.165, 1.54) is 19.7 Å². The molecule has 1 atom stereocenters. The molecule has 1 heterocycles. The lowest BCUT2D eigenvalue weighted by Gasteiger charge is -2.29. The van der Waals surface area contributed by atoms with Crippen LogP contribution in [0.15, 0.2) is 36.7 Å². The van der Waals surface area contributed by atoms with E-state index in [0.29, 0.717) is 11.3 Å². The lowest BCUT2D eigenvalue weighted by Crippen LogP contribution is -2.47. The number of rotatable bonds is 7. The largest absolute Gasteiger partial charge is 0.490 e. The summed E-state index contributed by atoms with van der Waals surface area (Å²) in [5.74, 6) is -0.891. The second-order valence-corrected chi connectivity index (χ2v) is 7.70. The van der Waals surface area contributed by atoms with Crippen LogP contribution in [0, 0.1) is 0 Å². The SMILES string of the molecule is Cn1ccnc1C(O)(CC(=O)NCc1cccc(OC2CCCCC2)c1)C(F)(F)F. The number of ether oxygens (including phenoxy) is 1. The minimum Gasteiger partial charge on any atom is -0.490 e. The summed E-state index contributed by atoms with van der Waals surface area (Å²) >= 11 is 0. The van der Waals surface area contributed by atoms with Crippen LogP contribution in [0.1, 0.15) is 49.9 Å². The minimum atomic E-state index is -5.06. The number of benzene rings is 1. The molecule has 1 aliphatic carbocycles.